The summed E-state index contributed by atoms with van der Waals surface area (Å²) in [5, 5.41) is 6.46. The number of nitrogens with one attached hydrogen (secondary N) is 2. The lowest BCUT2D eigenvalue weighted by molar-refractivity contribution is -0.135. The molecule has 0 aromatic carbocycles. The average Bonchev–Trinajstić information content (AvgIpc) is 3.04. The summed E-state index contributed by atoms with van der Waals surface area (Å²) in [6, 6.07) is 0.162. The third-order valence-corrected chi connectivity index (χ3v) is 5.51. The van der Waals surface area contributed by atoms with Crippen LogP contribution < -0.4 is 10.6 Å². The van der Waals surface area contributed by atoms with Crippen LogP contribution in [0, 0.1) is 11.8 Å². The van der Waals surface area contributed by atoms with Crippen LogP contribution >= 0.6 is 0 Å². The lowest BCUT2D eigenvalue weighted by atomic mass is 9.88. The van der Waals surface area contributed by atoms with Crippen LogP contribution in [0.2, 0.25) is 0 Å². The second-order valence-corrected chi connectivity index (χ2v) is 7.14. The van der Waals surface area contributed by atoms with Crippen molar-refractivity contribution in [1.82, 2.24) is 15.5 Å². The molecule has 3 fully saturated rings. The lowest BCUT2D eigenvalue weighted by Crippen LogP contribution is -2.44. The maximum atomic E-state index is 12.5. The molecule has 5 heteroatoms. The van der Waals surface area contributed by atoms with E-state index in [-0.39, 0.29) is 23.8 Å². The summed E-state index contributed by atoms with van der Waals surface area (Å²) in [6.45, 7) is 3.41. The summed E-state index contributed by atoms with van der Waals surface area (Å²) >= 11 is 0. The zero-order chi connectivity index (χ0) is 15.4. The van der Waals surface area contributed by atoms with Gasteiger partial charge in [-0.15, -0.1) is 0 Å². The van der Waals surface area contributed by atoms with E-state index in [0.717, 1.165) is 51.7 Å². The standard InChI is InChI=1S/C17H29N3O2/c21-16(13-6-9-18-10-7-13)19-15-8-11-20(12-15)17(22)14-4-2-1-3-5-14/h13-15,18H,1-12H2,(H,19,21). The van der Waals surface area contributed by atoms with Crippen molar-refractivity contribution in [1.29, 1.82) is 0 Å². The van der Waals surface area contributed by atoms with E-state index < -0.39 is 0 Å². The van der Waals surface area contributed by atoms with Gasteiger partial charge >= 0.3 is 0 Å². The van der Waals surface area contributed by atoms with Crippen LogP contribution in [-0.2, 0) is 9.59 Å². The molecule has 1 aliphatic carbocycles. The second-order valence-electron chi connectivity index (χ2n) is 7.14. The van der Waals surface area contributed by atoms with Gasteiger partial charge in [0.25, 0.3) is 0 Å². The SMILES string of the molecule is O=C(NC1CCN(C(=O)C2CCCCC2)C1)C1CCNCC1. The van der Waals surface area contributed by atoms with Crippen LogP contribution in [0.15, 0.2) is 0 Å². The van der Waals surface area contributed by atoms with Crippen molar-refractivity contribution in [3.8, 4) is 0 Å². The van der Waals surface area contributed by atoms with Crippen molar-refractivity contribution in [3.63, 3.8) is 0 Å². The van der Waals surface area contributed by atoms with Crippen LogP contribution in [-0.4, -0.2) is 48.9 Å². The van der Waals surface area contributed by atoms with Gasteiger partial charge in [0.05, 0.1) is 0 Å². The minimum absolute atomic E-state index is 0.157. The number of carbonyl (C=O) groups excluding carboxylic acids is 2. The fraction of sp³-hybridized carbons (Fsp3) is 0.882. The molecule has 1 saturated carbocycles. The van der Waals surface area contributed by atoms with Crippen LogP contribution in [0.5, 0.6) is 0 Å². The van der Waals surface area contributed by atoms with E-state index in [9.17, 15) is 9.59 Å². The normalized spacial score (nSPS) is 27.8. The van der Waals surface area contributed by atoms with Gasteiger partial charge in [-0.1, -0.05) is 19.3 Å². The maximum absolute atomic E-state index is 12.5. The van der Waals surface area contributed by atoms with Gasteiger partial charge in [0.1, 0.15) is 0 Å². The minimum atomic E-state index is 0.157. The number of nitrogens with zero attached hydrogens (tertiary/aromatic N) is 1. The number of hydrogen-bond acceptors (Lipinski definition) is 3. The summed E-state index contributed by atoms with van der Waals surface area (Å²) < 4.78 is 0. The van der Waals surface area contributed by atoms with E-state index in [1.54, 1.807) is 0 Å². The van der Waals surface area contributed by atoms with Crippen LogP contribution in [0.3, 0.4) is 0 Å². The molecule has 0 spiro atoms. The molecule has 2 N–H and O–H groups in total. The monoisotopic (exact) mass is 307 g/mol. The lowest BCUT2D eigenvalue weighted by Gasteiger charge is -2.27. The third kappa shape index (κ3) is 3.80. The molecule has 2 saturated heterocycles. The Hall–Kier alpha value is -1.10. The van der Waals surface area contributed by atoms with Gasteiger partial charge in [-0.25, -0.2) is 0 Å². The quantitative estimate of drug-likeness (QED) is 0.826. The minimum Gasteiger partial charge on any atom is -0.351 e. The predicted molar refractivity (Wildman–Crippen MR) is 85.3 cm³/mol. The number of piperidine rings is 1. The second kappa shape index (κ2) is 7.44. The largest absolute Gasteiger partial charge is 0.351 e. The van der Waals surface area contributed by atoms with Crippen molar-refractivity contribution >= 4 is 11.8 Å². The Bertz CT molecular complexity index is 401. The van der Waals surface area contributed by atoms with Crippen LogP contribution in [0.1, 0.15) is 51.4 Å². The van der Waals surface area contributed by atoms with E-state index in [4.69, 9.17) is 0 Å². The van der Waals surface area contributed by atoms with Crippen LogP contribution in [0.4, 0.5) is 0 Å². The zero-order valence-corrected chi connectivity index (χ0v) is 13.5. The maximum Gasteiger partial charge on any atom is 0.225 e. The topological polar surface area (TPSA) is 61.4 Å². The van der Waals surface area contributed by atoms with Gasteiger partial charge in [-0.2, -0.15) is 0 Å². The summed E-state index contributed by atoms with van der Waals surface area (Å²) in [7, 11) is 0. The molecule has 0 radical (unpaired) electrons. The molecule has 0 bridgehead atoms. The van der Waals surface area contributed by atoms with E-state index in [1.165, 1.54) is 19.3 Å². The van der Waals surface area contributed by atoms with Crippen LogP contribution in [0.25, 0.3) is 0 Å². The molecule has 0 aromatic heterocycles. The molecule has 1 unspecified atom stereocenters. The van der Waals surface area contributed by atoms with Crippen molar-refractivity contribution < 1.29 is 9.59 Å². The summed E-state index contributed by atoms with van der Waals surface area (Å²) in [6.07, 6.45) is 8.56. The molecule has 0 aromatic rings. The molecule has 22 heavy (non-hydrogen) atoms. The van der Waals surface area contributed by atoms with Gasteiger partial charge in [0, 0.05) is 31.0 Å². The number of carbonyl (C=O) groups is 2. The molecule has 1 atom stereocenters. The first kappa shape index (κ1) is 15.8. The molecule has 2 heterocycles. The first-order valence-electron chi connectivity index (χ1n) is 9.04. The highest BCUT2D eigenvalue weighted by Gasteiger charge is 2.33. The highest BCUT2D eigenvalue weighted by molar-refractivity contribution is 5.81. The summed E-state index contributed by atoms with van der Waals surface area (Å²) in [5.41, 5.74) is 0. The molecule has 2 amide bonds. The Balaban J connectivity index is 1.45. The molecule has 3 rings (SSSR count). The molecular weight excluding hydrogens is 278 g/mol. The molecule has 124 valence electrons. The van der Waals surface area contributed by atoms with Gasteiger partial charge in [0.2, 0.25) is 11.8 Å². The first-order chi connectivity index (χ1) is 10.7. The van der Waals surface area contributed by atoms with Gasteiger partial charge in [-0.3, -0.25) is 9.59 Å². The van der Waals surface area contributed by atoms with Crippen molar-refractivity contribution in [2.45, 2.75) is 57.4 Å². The highest BCUT2D eigenvalue weighted by atomic mass is 16.2. The average molecular weight is 307 g/mol. The van der Waals surface area contributed by atoms with Crippen molar-refractivity contribution in [2.24, 2.45) is 11.8 Å². The van der Waals surface area contributed by atoms with Crippen molar-refractivity contribution in [3.05, 3.63) is 0 Å². The molecule has 5 nitrogen and oxygen atoms in total. The van der Waals surface area contributed by atoms with E-state index in [0.29, 0.717) is 12.5 Å². The predicted octanol–water partition coefficient (Wildman–Crippen LogP) is 1.28. The molecule has 3 aliphatic rings. The van der Waals surface area contributed by atoms with Crippen molar-refractivity contribution in [2.75, 3.05) is 26.2 Å². The first-order valence-corrected chi connectivity index (χ1v) is 9.04. The summed E-state index contributed by atoms with van der Waals surface area (Å²) in [4.78, 5) is 26.8. The number of likely N-dealkylation sites (tertiary alicyclic amines) is 1. The summed E-state index contributed by atoms with van der Waals surface area (Å²) in [5.74, 6) is 0.925. The molecule has 2 aliphatic heterocycles. The number of hydrogen-bond donors (Lipinski definition) is 2. The Kier molecular flexibility index (Phi) is 5.34. The third-order valence-electron chi connectivity index (χ3n) is 5.51. The van der Waals surface area contributed by atoms with E-state index >= 15 is 0 Å². The Morgan fingerprint density at radius 3 is 2.36 bits per heavy atom. The van der Waals surface area contributed by atoms with Gasteiger partial charge < -0.3 is 15.5 Å². The molecular formula is C17H29N3O2. The van der Waals surface area contributed by atoms with E-state index in [2.05, 4.69) is 10.6 Å². The van der Waals surface area contributed by atoms with E-state index in [1.807, 2.05) is 4.90 Å². The Labute approximate surface area is 133 Å². The fourth-order valence-electron chi connectivity index (χ4n) is 4.09. The van der Waals surface area contributed by atoms with Gasteiger partial charge in [-0.05, 0) is 45.2 Å². The zero-order valence-electron chi connectivity index (χ0n) is 13.5. The number of rotatable bonds is 3. The van der Waals surface area contributed by atoms with Gasteiger partial charge in [0.15, 0.2) is 0 Å². The number of amides is 2. The Morgan fingerprint density at radius 1 is 0.909 bits per heavy atom. The highest BCUT2D eigenvalue weighted by Crippen LogP contribution is 2.27. The fourth-order valence-corrected chi connectivity index (χ4v) is 4.09. The Morgan fingerprint density at radius 2 is 1.64 bits per heavy atom. The smallest absolute Gasteiger partial charge is 0.225 e.